The molecule has 0 saturated heterocycles. The van der Waals surface area contributed by atoms with Crippen molar-refractivity contribution in [1.82, 2.24) is 9.55 Å². The zero-order valence-corrected chi connectivity index (χ0v) is 10.6. The molecule has 4 nitrogen and oxygen atoms in total. The van der Waals surface area contributed by atoms with Crippen molar-refractivity contribution in [3.05, 3.63) is 40.8 Å². The highest BCUT2D eigenvalue weighted by molar-refractivity contribution is 9.10. The lowest BCUT2D eigenvalue weighted by Gasteiger charge is -2.08. The Kier molecular flexibility index (Phi) is 3.46. The lowest BCUT2D eigenvalue weighted by atomic mass is 10.1. The van der Waals surface area contributed by atoms with Crippen molar-refractivity contribution in [1.29, 1.82) is 0 Å². The number of aromatic nitrogens is 2. The first-order chi connectivity index (χ1) is 7.66. The van der Waals surface area contributed by atoms with Gasteiger partial charge in [-0.1, -0.05) is 0 Å². The minimum atomic E-state index is -0.0806. The van der Waals surface area contributed by atoms with E-state index in [1.165, 1.54) is 0 Å². The molecule has 2 N–H and O–H groups in total. The molecule has 1 unspecified atom stereocenters. The Hall–Kier alpha value is -1.07. The molecule has 0 aromatic carbocycles. The second-order valence-corrected chi connectivity index (χ2v) is 4.52. The van der Waals surface area contributed by atoms with Crippen LogP contribution in [0.4, 0.5) is 0 Å². The number of nitrogens with two attached hydrogens (primary N) is 1. The molecule has 0 aliphatic heterocycles. The average molecular weight is 284 g/mol. The first-order valence-electron chi connectivity index (χ1n) is 5.14. The van der Waals surface area contributed by atoms with Crippen LogP contribution in [0.15, 0.2) is 33.6 Å². The minimum Gasteiger partial charge on any atom is -0.453 e. The molecule has 86 valence electrons. The van der Waals surface area contributed by atoms with Crippen molar-refractivity contribution in [2.75, 3.05) is 0 Å². The number of nitrogens with zero attached hydrogens (tertiary/aromatic N) is 2. The predicted octanol–water partition coefficient (Wildman–Crippen LogP) is 2.41. The van der Waals surface area contributed by atoms with E-state index in [1.54, 1.807) is 6.20 Å². The van der Waals surface area contributed by atoms with Crippen LogP contribution in [0.3, 0.4) is 0 Å². The summed E-state index contributed by atoms with van der Waals surface area (Å²) >= 11 is 3.26. The Morgan fingerprint density at radius 3 is 2.94 bits per heavy atom. The average Bonchev–Trinajstić information content (AvgIpc) is 2.84. The van der Waals surface area contributed by atoms with Crippen LogP contribution in [0, 0.1) is 0 Å². The summed E-state index contributed by atoms with van der Waals surface area (Å²) < 4.78 is 8.13. The summed E-state index contributed by atoms with van der Waals surface area (Å²) in [4.78, 5) is 4.25. The fourth-order valence-electron chi connectivity index (χ4n) is 1.59. The summed E-state index contributed by atoms with van der Waals surface area (Å²) in [6.07, 6.45) is 5.41. The first-order valence-corrected chi connectivity index (χ1v) is 5.93. The molecular weight excluding hydrogens is 270 g/mol. The van der Waals surface area contributed by atoms with Crippen molar-refractivity contribution in [3.8, 4) is 0 Å². The summed E-state index contributed by atoms with van der Waals surface area (Å²) in [6.45, 7) is 0. The van der Waals surface area contributed by atoms with Crippen LogP contribution >= 0.6 is 15.9 Å². The van der Waals surface area contributed by atoms with Gasteiger partial charge in [-0.25, -0.2) is 4.98 Å². The van der Waals surface area contributed by atoms with Crippen molar-refractivity contribution < 1.29 is 4.42 Å². The molecule has 5 heteroatoms. The second kappa shape index (κ2) is 4.84. The normalized spacial score (nSPS) is 12.9. The van der Waals surface area contributed by atoms with Crippen LogP contribution in [-0.4, -0.2) is 9.55 Å². The van der Waals surface area contributed by atoms with Crippen molar-refractivity contribution >= 4 is 15.9 Å². The Balaban J connectivity index is 1.93. The van der Waals surface area contributed by atoms with E-state index in [1.807, 2.05) is 29.9 Å². The van der Waals surface area contributed by atoms with Gasteiger partial charge in [-0.15, -0.1) is 0 Å². The lowest BCUT2D eigenvalue weighted by Crippen LogP contribution is -2.11. The number of aryl methyl sites for hydroxylation is 2. The van der Waals surface area contributed by atoms with Gasteiger partial charge in [-0.3, -0.25) is 0 Å². The Morgan fingerprint density at radius 2 is 2.38 bits per heavy atom. The molecule has 0 saturated carbocycles. The molecule has 0 radical (unpaired) electrons. The summed E-state index contributed by atoms with van der Waals surface area (Å²) in [5, 5.41) is 0. The standard InChI is InChI=1S/C11H14BrN3O/c1-15-7-6-14-11(15)5-2-8(13)9-3-4-10(12)16-9/h3-4,6-8H,2,5,13H2,1H3. The Labute approximate surface area is 103 Å². The molecule has 2 aromatic heterocycles. The van der Waals surface area contributed by atoms with Gasteiger partial charge in [-0.2, -0.15) is 0 Å². The quantitative estimate of drug-likeness (QED) is 0.938. The molecule has 1 atom stereocenters. The van der Waals surface area contributed by atoms with Crippen LogP contribution in [0.1, 0.15) is 24.0 Å². The van der Waals surface area contributed by atoms with Gasteiger partial charge in [0.1, 0.15) is 11.6 Å². The van der Waals surface area contributed by atoms with E-state index in [4.69, 9.17) is 10.2 Å². The van der Waals surface area contributed by atoms with Crippen LogP contribution in [0.5, 0.6) is 0 Å². The van der Waals surface area contributed by atoms with Crippen molar-refractivity contribution in [2.45, 2.75) is 18.9 Å². The van der Waals surface area contributed by atoms with E-state index in [-0.39, 0.29) is 6.04 Å². The molecule has 0 bridgehead atoms. The largest absolute Gasteiger partial charge is 0.453 e. The maximum absolute atomic E-state index is 6.02. The van der Waals surface area contributed by atoms with Gasteiger partial charge < -0.3 is 14.7 Å². The van der Waals surface area contributed by atoms with Gasteiger partial charge >= 0.3 is 0 Å². The molecule has 0 aliphatic rings. The third-order valence-corrected chi connectivity index (χ3v) is 2.99. The van der Waals surface area contributed by atoms with Gasteiger partial charge in [0.05, 0.1) is 6.04 Å². The van der Waals surface area contributed by atoms with E-state index in [9.17, 15) is 0 Å². The highest BCUT2D eigenvalue weighted by Gasteiger charge is 2.11. The maximum atomic E-state index is 6.02. The third-order valence-electron chi connectivity index (χ3n) is 2.56. The zero-order valence-electron chi connectivity index (χ0n) is 9.06. The number of hydrogen-bond acceptors (Lipinski definition) is 3. The van der Waals surface area contributed by atoms with Gasteiger partial charge in [0.15, 0.2) is 4.67 Å². The zero-order chi connectivity index (χ0) is 11.5. The smallest absolute Gasteiger partial charge is 0.169 e. The van der Waals surface area contributed by atoms with Crippen LogP contribution in [0.2, 0.25) is 0 Å². The number of rotatable bonds is 4. The molecule has 2 rings (SSSR count). The first kappa shape index (κ1) is 11.4. The lowest BCUT2D eigenvalue weighted by molar-refractivity contribution is 0.435. The van der Waals surface area contributed by atoms with Gasteiger partial charge in [-0.05, 0) is 34.5 Å². The van der Waals surface area contributed by atoms with Gasteiger partial charge in [0, 0.05) is 25.9 Å². The highest BCUT2D eigenvalue weighted by atomic mass is 79.9. The summed E-state index contributed by atoms with van der Waals surface area (Å²) in [5.74, 6) is 1.85. The number of furan rings is 1. The Morgan fingerprint density at radius 1 is 1.56 bits per heavy atom. The fraction of sp³-hybridized carbons (Fsp3) is 0.364. The molecule has 2 heterocycles. The van der Waals surface area contributed by atoms with Crippen molar-refractivity contribution in [3.63, 3.8) is 0 Å². The minimum absolute atomic E-state index is 0.0806. The van der Waals surface area contributed by atoms with Crippen LogP contribution < -0.4 is 5.73 Å². The fourth-order valence-corrected chi connectivity index (χ4v) is 1.91. The highest BCUT2D eigenvalue weighted by Crippen LogP contribution is 2.21. The van der Waals surface area contributed by atoms with Gasteiger partial charge in [0.25, 0.3) is 0 Å². The maximum Gasteiger partial charge on any atom is 0.169 e. The number of halogens is 1. The van der Waals surface area contributed by atoms with Crippen LogP contribution in [-0.2, 0) is 13.5 Å². The van der Waals surface area contributed by atoms with E-state index in [2.05, 4.69) is 20.9 Å². The molecule has 0 fully saturated rings. The molecule has 2 aromatic rings. The topological polar surface area (TPSA) is 57.0 Å². The van der Waals surface area contributed by atoms with Gasteiger partial charge in [0.2, 0.25) is 0 Å². The summed E-state index contributed by atoms with van der Waals surface area (Å²) in [6, 6.07) is 3.67. The second-order valence-electron chi connectivity index (χ2n) is 3.74. The third kappa shape index (κ3) is 2.54. The summed E-state index contributed by atoms with van der Waals surface area (Å²) in [7, 11) is 1.98. The van der Waals surface area contributed by atoms with Crippen molar-refractivity contribution in [2.24, 2.45) is 12.8 Å². The van der Waals surface area contributed by atoms with E-state index >= 15 is 0 Å². The van der Waals surface area contributed by atoms with E-state index in [0.29, 0.717) is 0 Å². The molecule has 0 aliphatic carbocycles. The Bertz CT molecular complexity index is 463. The number of hydrogen-bond donors (Lipinski definition) is 1. The molecule has 16 heavy (non-hydrogen) atoms. The van der Waals surface area contributed by atoms with E-state index in [0.717, 1.165) is 29.1 Å². The predicted molar refractivity (Wildman–Crippen MR) is 64.9 cm³/mol. The van der Waals surface area contributed by atoms with Crippen LogP contribution in [0.25, 0.3) is 0 Å². The molecule has 0 spiro atoms. The molecule has 0 amide bonds. The van der Waals surface area contributed by atoms with E-state index < -0.39 is 0 Å². The SMILES string of the molecule is Cn1ccnc1CCC(N)c1ccc(Br)o1. The monoisotopic (exact) mass is 283 g/mol. The summed E-state index contributed by atoms with van der Waals surface area (Å²) in [5.41, 5.74) is 6.02. The molecular formula is C11H14BrN3O. The number of imidazole rings is 1.